The number of nitrogens with one attached hydrogen (secondary N) is 1. The number of benzene rings is 1. The average Bonchev–Trinajstić information content (AvgIpc) is 3.13. The van der Waals surface area contributed by atoms with E-state index in [2.05, 4.69) is 15.2 Å². The van der Waals surface area contributed by atoms with Crippen molar-refractivity contribution in [2.75, 3.05) is 43.1 Å². The summed E-state index contributed by atoms with van der Waals surface area (Å²) >= 11 is 0. The first-order chi connectivity index (χ1) is 16.6. The quantitative estimate of drug-likeness (QED) is 0.568. The predicted molar refractivity (Wildman–Crippen MR) is 129 cm³/mol. The van der Waals surface area contributed by atoms with Crippen LogP contribution >= 0.6 is 0 Å². The first-order valence-corrected chi connectivity index (χ1v) is 13.2. The minimum absolute atomic E-state index is 0.205. The molecule has 11 nitrogen and oxygen atoms in total. The Morgan fingerprint density at radius 2 is 1.80 bits per heavy atom. The number of hydrogen-bond acceptors (Lipinski definition) is 8. The van der Waals surface area contributed by atoms with Crippen LogP contribution in [0.15, 0.2) is 30.3 Å². The molecule has 2 saturated heterocycles. The molecule has 35 heavy (non-hydrogen) atoms. The van der Waals surface area contributed by atoms with Gasteiger partial charge in [0, 0.05) is 62.0 Å². The van der Waals surface area contributed by atoms with Crippen LogP contribution in [0.2, 0.25) is 0 Å². The zero-order valence-electron chi connectivity index (χ0n) is 19.2. The molecule has 0 aliphatic carbocycles. The molecule has 4 heterocycles. The Kier molecular flexibility index (Phi) is 5.72. The zero-order valence-corrected chi connectivity index (χ0v) is 20.0. The van der Waals surface area contributed by atoms with E-state index in [4.69, 9.17) is 5.73 Å². The fraction of sp³-hybridized carbons (Fsp3) is 0.391. The molecule has 1 aromatic heterocycles. The number of piperazine rings is 1. The SMILES string of the molecule is CS(=O)(=O)N1CCN(c2cc(N)nc(-c3ccc4c(c3)CN(C3CCC(=O)NC3=O)C4=O)c2)CC1. The highest BCUT2D eigenvalue weighted by atomic mass is 32.2. The summed E-state index contributed by atoms with van der Waals surface area (Å²) in [5, 5.41) is 2.31. The van der Waals surface area contributed by atoms with Crippen molar-refractivity contribution in [3.63, 3.8) is 0 Å². The largest absolute Gasteiger partial charge is 0.384 e. The molecule has 0 radical (unpaired) electrons. The maximum Gasteiger partial charge on any atom is 0.255 e. The number of piperidine rings is 1. The van der Waals surface area contributed by atoms with Gasteiger partial charge in [0.15, 0.2) is 0 Å². The Morgan fingerprint density at radius 1 is 1.06 bits per heavy atom. The Labute approximate surface area is 202 Å². The van der Waals surface area contributed by atoms with Gasteiger partial charge >= 0.3 is 0 Å². The van der Waals surface area contributed by atoms with Gasteiger partial charge in [-0.3, -0.25) is 19.7 Å². The van der Waals surface area contributed by atoms with Crippen molar-refractivity contribution in [1.29, 1.82) is 0 Å². The molecular weight excluding hydrogens is 472 g/mol. The molecule has 3 aliphatic rings. The number of sulfonamides is 1. The van der Waals surface area contributed by atoms with Crippen LogP contribution < -0.4 is 16.0 Å². The number of imide groups is 1. The summed E-state index contributed by atoms with van der Waals surface area (Å²) in [6.45, 7) is 2.14. The van der Waals surface area contributed by atoms with Crippen molar-refractivity contribution in [1.82, 2.24) is 19.5 Å². The molecule has 5 rings (SSSR count). The third-order valence-electron chi connectivity index (χ3n) is 6.72. The topological polar surface area (TPSA) is 146 Å². The highest BCUT2D eigenvalue weighted by molar-refractivity contribution is 7.88. The molecule has 1 aromatic carbocycles. The molecule has 3 amide bonds. The van der Waals surface area contributed by atoms with E-state index in [-0.39, 0.29) is 24.8 Å². The summed E-state index contributed by atoms with van der Waals surface area (Å²) in [5.74, 6) is -0.657. The minimum atomic E-state index is -3.22. The van der Waals surface area contributed by atoms with Gasteiger partial charge in [0.1, 0.15) is 11.9 Å². The van der Waals surface area contributed by atoms with E-state index in [0.717, 1.165) is 16.8 Å². The number of aromatic nitrogens is 1. The Morgan fingerprint density at radius 3 is 2.49 bits per heavy atom. The number of nitrogens with two attached hydrogens (primary N) is 1. The van der Waals surface area contributed by atoms with Crippen LogP contribution in [-0.4, -0.2) is 78.8 Å². The van der Waals surface area contributed by atoms with Gasteiger partial charge in [0.25, 0.3) is 5.91 Å². The van der Waals surface area contributed by atoms with Crippen LogP contribution in [-0.2, 0) is 26.2 Å². The van der Waals surface area contributed by atoms with Crippen molar-refractivity contribution in [2.24, 2.45) is 0 Å². The summed E-state index contributed by atoms with van der Waals surface area (Å²) in [4.78, 5) is 44.8. The molecule has 2 aromatic rings. The van der Waals surface area contributed by atoms with E-state index in [1.165, 1.54) is 15.5 Å². The second-order valence-corrected chi connectivity index (χ2v) is 11.0. The highest BCUT2D eigenvalue weighted by Crippen LogP contribution is 2.32. The number of amides is 3. The smallest absolute Gasteiger partial charge is 0.255 e. The maximum atomic E-state index is 13.0. The average molecular weight is 499 g/mol. The van der Waals surface area contributed by atoms with E-state index >= 15 is 0 Å². The standard InChI is InChI=1S/C23H26N6O5S/c1-35(33,34)28-8-6-27(7-9-28)16-11-18(25-20(24)12-16)14-2-3-17-15(10-14)13-29(23(17)32)19-4-5-21(30)26-22(19)31/h2-3,10-12,19H,4-9,13H2,1H3,(H2,24,25)(H,26,30,31). The Balaban J connectivity index is 1.37. The molecular formula is C23H26N6O5S. The number of pyridine rings is 1. The normalized spacial score (nSPS) is 21.3. The van der Waals surface area contributed by atoms with E-state index in [0.29, 0.717) is 49.7 Å². The van der Waals surface area contributed by atoms with Crippen molar-refractivity contribution in [2.45, 2.75) is 25.4 Å². The van der Waals surface area contributed by atoms with Crippen molar-refractivity contribution < 1.29 is 22.8 Å². The second-order valence-electron chi connectivity index (χ2n) is 9.06. The van der Waals surface area contributed by atoms with E-state index in [1.54, 1.807) is 18.2 Å². The van der Waals surface area contributed by atoms with E-state index < -0.39 is 22.0 Å². The fourth-order valence-electron chi connectivity index (χ4n) is 4.88. The van der Waals surface area contributed by atoms with Crippen LogP contribution in [0.25, 0.3) is 11.3 Å². The molecule has 1 unspecified atom stereocenters. The first-order valence-electron chi connectivity index (χ1n) is 11.4. The van der Waals surface area contributed by atoms with Gasteiger partial charge in [-0.1, -0.05) is 6.07 Å². The van der Waals surface area contributed by atoms with Gasteiger partial charge in [-0.25, -0.2) is 13.4 Å². The Hall–Kier alpha value is -3.51. The molecule has 0 bridgehead atoms. The minimum Gasteiger partial charge on any atom is -0.384 e. The van der Waals surface area contributed by atoms with Crippen LogP contribution in [0, 0.1) is 0 Å². The van der Waals surface area contributed by atoms with Crippen LogP contribution in [0.3, 0.4) is 0 Å². The number of anilines is 2. The van der Waals surface area contributed by atoms with Crippen molar-refractivity contribution in [3.8, 4) is 11.3 Å². The van der Waals surface area contributed by atoms with E-state index in [9.17, 15) is 22.8 Å². The Bertz CT molecular complexity index is 1340. The van der Waals surface area contributed by atoms with Crippen LogP contribution in [0.5, 0.6) is 0 Å². The predicted octanol–water partition coefficient (Wildman–Crippen LogP) is 0.173. The number of rotatable bonds is 4. The van der Waals surface area contributed by atoms with Crippen molar-refractivity contribution in [3.05, 3.63) is 41.5 Å². The fourth-order valence-corrected chi connectivity index (χ4v) is 5.71. The number of hydrogen-bond donors (Lipinski definition) is 2. The lowest BCUT2D eigenvalue weighted by Crippen LogP contribution is -2.52. The lowest BCUT2D eigenvalue weighted by Gasteiger charge is -2.34. The third-order valence-corrected chi connectivity index (χ3v) is 8.03. The number of nitrogen functional groups attached to an aromatic ring is 1. The summed E-state index contributed by atoms with van der Waals surface area (Å²) in [6, 6.07) is 8.42. The lowest BCUT2D eigenvalue weighted by molar-refractivity contribution is -0.136. The highest BCUT2D eigenvalue weighted by Gasteiger charge is 2.39. The molecule has 1 atom stereocenters. The number of carbonyl (C=O) groups is 3. The van der Waals surface area contributed by atoms with Crippen LogP contribution in [0.4, 0.5) is 11.5 Å². The lowest BCUT2D eigenvalue weighted by atomic mass is 10.0. The number of carbonyl (C=O) groups excluding carboxylic acids is 3. The van der Waals surface area contributed by atoms with Gasteiger partial charge < -0.3 is 15.5 Å². The van der Waals surface area contributed by atoms with Crippen molar-refractivity contribution >= 4 is 39.3 Å². The van der Waals surface area contributed by atoms with Gasteiger partial charge in [-0.15, -0.1) is 0 Å². The van der Waals surface area contributed by atoms with E-state index in [1.807, 2.05) is 12.1 Å². The number of fused-ring (bicyclic) bond motifs is 1. The summed E-state index contributed by atoms with van der Waals surface area (Å²) in [5.41, 5.74) is 9.68. The molecule has 184 valence electrons. The van der Waals surface area contributed by atoms with Gasteiger partial charge in [0.05, 0.1) is 11.9 Å². The van der Waals surface area contributed by atoms with Gasteiger partial charge in [-0.2, -0.15) is 4.31 Å². The summed E-state index contributed by atoms with van der Waals surface area (Å²) in [7, 11) is -3.22. The molecule has 0 saturated carbocycles. The summed E-state index contributed by atoms with van der Waals surface area (Å²) < 4.78 is 25.1. The zero-order chi connectivity index (χ0) is 24.9. The molecule has 12 heteroatoms. The monoisotopic (exact) mass is 498 g/mol. The number of nitrogens with zero attached hydrogens (tertiary/aromatic N) is 4. The molecule has 3 aliphatic heterocycles. The first kappa shape index (κ1) is 23.2. The second kappa shape index (κ2) is 8.61. The molecule has 0 spiro atoms. The molecule has 2 fully saturated rings. The molecule has 3 N–H and O–H groups in total. The summed E-state index contributed by atoms with van der Waals surface area (Å²) in [6.07, 6.45) is 1.73. The van der Waals surface area contributed by atoms with Gasteiger partial charge in [-0.05, 0) is 30.2 Å². The third kappa shape index (κ3) is 4.46. The van der Waals surface area contributed by atoms with Gasteiger partial charge in [0.2, 0.25) is 21.8 Å². The van der Waals surface area contributed by atoms with Crippen LogP contribution in [0.1, 0.15) is 28.8 Å². The maximum absolute atomic E-state index is 13.0.